The molecule has 8 unspecified atom stereocenters. The van der Waals surface area contributed by atoms with Crippen LogP contribution in [0.5, 0.6) is 0 Å². The van der Waals surface area contributed by atoms with Gasteiger partial charge in [-0.1, -0.05) is 18.2 Å². The number of esters is 2. The van der Waals surface area contributed by atoms with Gasteiger partial charge in [0.2, 0.25) is 0 Å². The van der Waals surface area contributed by atoms with Crippen LogP contribution >= 0.6 is 0 Å². The molecular formula is C33H45NO10. The third-order valence-corrected chi connectivity index (χ3v) is 12.8. The van der Waals surface area contributed by atoms with Gasteiger partial charge in [0.25, 0.3) is 0 Å². The fraction of sp³-hybridized carbons (Fsp3) is 0.758. The predicted octanol–water partition coefficient (Wildman–Crippen LogP) is 1.29. The summed E-state index contributed by atoms with van der Waals surface area (Å²) in [6.45, 7) is 2.56. The van der Waals surface area contributed by atoms with Crippen LogP contribution in [-0.4, -0.2) is 123 Å². The summed E-state index contributed by atoms with van der Waals surface area (Å²) >= 11 is 0. The predicted molar refractivity (Wildman–Crippen MR) is 154 cm³/mol. The number of likely N-dealkylation sites (tertiary alicyclic amines) is 1. The van der Waals surface area contributed by atoms with Crippen LogP contribution in [0.3, 0.4) is 0 Å². The zero-order chi connectivity index (χ0) is 31.4. The molecule has 7 rings (SSSR count). The van der Waals surface area contributed by atoms with E-state index in [0.717, 1.165) is 19.4 Å². The van der Waals surface area contributed by atoms with E-state index >= 15 is 0 Å². The number of methoxy groups -OCH3 is 4. The Kier molecular flexibility index (Phi) is 7.07. The molecule has 6 fully saturated rings. The Labute approximate surface area is 258 Å². The molecule has 14 atom stereocenters. The third-order valence-electron chi connectivity index (χ3n) is 12.8. The molecule has 1 aliphatic heterocycles. The zero-order valence-corrected chi connectivity index (χ0v) is 26.3. The average molecular weight is 616 g/mol. The maximum atomic E-state index is 13.7. The molecule has 11 heteroatoms. The highest BCUT2D eigenvalue weighted by Crippen LogP contribution is 2.80. The second-order valence-corrected chi connectivity index (χ2v) is 14.2. The van der Waals surface area contributed by atoms with Gasteiger partial charge in [-0.2, -0.15) is 0 Å². The molecule has 44 heavy (non-hydrogen) atoms. The molecule has 0 aromatic heterocycles. The average Bonchev–Trinajstić information content (AvgIpc) is 3.39. The minimum atomic E-state index is -1.76. The van der Waals surface area contributed by atoms with Crippen molar-refractivity contribution in [1.29, 1.82) is 0 Å². The number of carbonyl (C=O) groups is 2. The normalized spacial score (nSPS) is 49.9. The Bertz CT molecular complexity index is 1310. The summed E-state index contributed by atoms with van der Waals surface area (Å²) in [6.07, 6.45) is -2.66. The number of fused-ring (bicyclic) bond motifs is 2. The minimum absolute atomic E-state index is 0.103. The minimum Gasteiger partial charge on any atom is -0.455 e. The Morgan fingerprint density at radius 1 is 1.02 bits per heavy atom. The molecule has 1 saturated heterocycles. The van der Waals surface area contributed by atoms with Crippen LogP contribution in [0, 0.1) is 34.5 Å². The summed E-state index contributed by atoms with van der Waals surface area (Å²) in [5.41, 5.74) is -3.93. The van der Waals surface area contributed by atoms with E-state index in [1.165, 1.54) is 14.0 Å². The number of piperidine rings is 1. The lowest BCUT2D eigenvalue weighted by atomic mass is 9.43. The summed E-state index contributed by atoms with van der Waals surface area (Å²) in [5, 5.41) is 25.1. The highest BCUT2D eigenvalue weighted by molar-refractivity contribution is 5.89. The highest BCUT2D eigenvalue weighted by Gasteiger charge is 2.91. The number of hydrogen-bond donors (Lipinski definition) is 2. The maximum absolute atomic E-state index is 13.7. The number of ether oxygens (including phenoxy) is 6. The highest BCUT2D eigenvalue weighted by atomic mass is 16.6. The van der Waals surface area contributed by atoms with Gasteiger partial charge in [-0.3, -0.25) is 4.79 Å². The Morgan fingerprint density at radius 3 is 2.36 bits per heavy atom. The first-order valence-electron chi connectivity index (χ1n) is 15.7. The first kappa shape index (κ1) is 30.5. The lowest BCUT2D eigenvalue weighted by Crippen LogP contribution is -2.80. The van der Waals surface area contributed by atoms with Gasteiger partial charge >= 0.3 is 11.9 Å². The second-order valence-electron chi connectivity index (χ2n) is 14.2. The van der Waals surface area contributed by atoms with Crippen molar-refractivity contribution in [1.82, 2.24) is 4.90 Å². The van der Waals surface area contributed by atoms with E-state index in [2.05, 4.69) is 11.9 Å². The van der Waals surface area contributed by atoms with E-state index in [0.29, 0.717) is 12.2 Å². The molecule has 11 nitrogen and oxygen atoms in total. The van der Waals surface area contributed by atoms with Crippen LogP contribution in [0.4, 0.5) is 0 Å². The summed E-state index contributed by atoms with van der Waals surface area (Å²) in [6, 6.07) is 8.39. The molecule has 242 valence electrons. The lowest BCUT2D eigenvalue weighted by Gasteiger charge is -2.69. The van der Waals surface area contributed by atoms with Gasteiger partial charge in [-0.15, -0.1) is 0 Å². The number of rotatable bonds is 8. The summed E-state index contributed by atoms with van der Waals surface area (Å²) < 4.78 is 37.5. The first-order valence-corrected chi connectivity index (χ1v) is 15.7. The van der Waals surface area contributed by atoms with Crippen molar-refractivity contribution in [3.05, 3.63) is 35.9 Å². The van der Waals surface area contributed by atoms with Crippen molar-refractivity contribution in [2.24, 2.45) is 34.5 Å². The molecule has 1 heterocycles. The van der Waals surface area contributed by atoms with Crippen LogP contribution in [0.2, 0.25) is 0 Å². The number of carbonyl (C=O) groups excluding carboxylic acids is 2. The number of benzene rings is 1. The van der Waals surface area contributed by atoms with Gasteiger partial charge in [0.15, 0.2) is 5.60 Å². The fourth-order valence-corrected chi connectivity index (χ4v) is 12.3. The summed E-state index contributed by atoms with van der Waals surface area (Å²) in [4.78, 5) is 29.2. The first-order chi connectivity index (χ1) is 21.0. The van der Waals surface area contributed by atoms with Gasteiger partial charge in [0.1, 0.15) is 23.9 Å². The molecule has 0 radical (unpaired) electrons. The summed E-state index contributed by atoms with van der Waals surface area (Å²) in [5.74, 6) is -2.96. The van der Waals surface area contributed by atoms with Crippen molar-refractivity contribution in [3.63, 3.8) is 0 Å². The number of aliphatic hydroxyl groups is 2. The van der Waals surface area contributed by atoms with Crippen LogP contribution in [0.1, 0.15) is 36.5 Å². The topological polar surface area (TPSA) is 133 Å². The Morgan fingerprint density at radius 2 is 1.75 bits per heavy atom. The molecule has 1 spiro atoms. The van der Waals surface area contributed by atoms with E-state index in [-0.39, 0.29) is 35.8 Å². The van der Waals surface area contributed by atoms with Gasteiger partial charge < -0.3 is 43.5 Å². The Hall–Kier alpha value is -2.12. The molecule has 2 N–H and O–H groups in total. The lowest BCUT2D eigenvalue weighted by molar-refractivity contribution is -0.316. The smallest absolute Gasteiger partial charge is 0.338 e. The zero-order valence-electron chi connectivity index (χ0n) is 26.3. The summed E-state index contributed by atoms with van der Waals surface area (Å²) in [7, 11) is 8.63. The molecule has 1 aromatic rings. The van der Waals surface area contributed by atoms with Crippen LogP contribution in [0.25, 0.3) is 0 Å². The molecule has 6 aliphatic rings. The van der Waals surface area contributed by atoms with E-state index in [1.807, 2.05) is 6.07 Å². The SMILES string of the molecule is COC[C@@]12CCC(OC)C34C(C(C(OC)[C@H]31)[C@@]1(OC(C)=O)C(O)C(OC)[C@@]3(O)C[C@H]4[C@H]1C3OC(=O)c1ccccc1)N(C)C2. The largest absolute Gasteiger partial charge is 0.455 e. The molecule has 5 saturated carbocycles. The number of aliphatic hydroxyl groups excluding tert-OH is 1. The Balaban J connectivity index is 1.51. The third kappa shape index (κ3) is 3.41. The van der Waals surface area contributed by atoms with Crippen molar-refractivity contribution in [2.75, 3.05) is 48.6 Å². The van der Waals surface area contributed by atoms with Gasteiger partial charge in [-0.05, 0) is 44.4 Å². The van der Waals surface area contributed by atoms with Crippen molar-refractivity contribution >= 4 is 11.9 Å². The van der Waals surface area contributed by atoms with Gasteiger partial charge in [-0.25, -0.2) is 4.79 Å². The number of nitrogens with zero attached hydrogens (tertiary/aromatic N) is 1. The fourth-order valence-electron chi connectivity index (χ4n) is 12.3. The molecule has 0 amide bonds. The molecule has 7 bridgehead atoms. The standard InChI is InChI=1S/C33H45NO10/c1-17(35)44-33-21-19(14-31(38,28(42-6)26(33)36)27(21)43-29(37)18-10-8-7-9-11-18)32-20(40-4)12-13-30(16-39-3)15-34(2)25(32)22(33)23(41-5)24(30)32/h7-11,19-28,36,38H,12-16H2,1-6H3/t19-,20?,21-,22?,23?,24-,25?,26?,27?,28?,30-,31+,32?,33+/m0/s1. The van der Waals surface area contributed by atoms with E-state index in [1.54, 1.807) is 45.6 Å². The van der Waals surface area contributed by atoms with Crippen LogP contribution < -0.4 is 0 Å². The van der Waals surface area contributed by atoms with Crippen molar-refractivity contribution in [2.45, 2.75) is 73.9 Å². The van der Waals surface area contributed by atoms with E-state index in [4.69, 9.17) is 28.4 Å². The van der Waals surface area contributed by atoms with Crippen molar-refractivity contribution < 1.29 is 48.2 Å². The number of hydrogen-bond acceptors (Lipinski definition) is 11. The van der Waals surface area contributed by atoms with Crippen LogP contribution in [-0.2, 0) is 33.2 Å². The molecular weight excluding hydrogens is 570 g/mol. The monoisotopic (exact) mass is 615 g/mol. The van der Waals surface area contributed by atoms with E-state index < -0.39 is 64.8 Å². The molecule has 1 aromatic carbocycles. The second kappa shape index (κ2) is 10.2. The van der Waals surface area contributed by atoms with Crippen molar-refractivity contribution in [3.8, 4) is 0 Å². The molecule has 5 aliphatic carbocycles. The maximum Gasteiger partial charge on any atom is 0.338 e. The van der Waals surface area contributed by atoms with Crippen LogP contribution in [0.15, 0.2) is 30.3 Å². The van der Waals surface area contributed by atoms with E-state index in [9.17, 15) is 19.8 Å². The van der Waals surface area contributed by atoms with Gasteiger partial charge in [0.05, 0.1) is 24.4 Å². The quantitative estimate of drug-likeness (QED) is 0.410. The van der Waals surface area contributed by atoms with Gasteiger partial charge in [0, 0.05) is 76.5 Å².